The summed E-state index contributed by atoms with van der Waals surface area (Å²) in [5, 5.41) is 0. The van der Waals surface area contributed by atoms with Gasteiger partial charge in [-0.3, -0.25) is 4.79 Å². The third-order valence-corrected chi connectivity index (χ3v) is 3.01. The van der Waals surface area contributed by atoms with E-state index in [1.54, 1.807) is 19.0 Å². The molecule has 0 saturated carbocycles. The molecule has 2 aromatic carbocycles. The van der Waals surface area contributed by atoms with E-state index in [2.05, 4.69) is 0 Å². The molecular formula is C17H19NO2. The van der Waals surface area contributed by atoms with Crippen LogP contribution < -0.4 is 4.74 Å². The van der Waals surface area contributed by atoms with Crippen LogP contribution in [0.25, 0.3) is 0 Å². The van der Waals surface area contributed by atoms with Crippen LogP contribution in [-0.4, -0.2) is 24.9 Å². The molecule has 0 aliphatic carbocycles. The smallest absolute Gasteiger partial charge is 0.257 e. The molecule has 0 aliphatic rings. The van der Waals surface area contributed by atoms with Crippen molar-refractivity contribution in [2.45, 2.75) is 13.5 Å². The molecule has 0 aromatic heterocycles. The number of carbonyl (C=O) groups excluding carboxylic acids is 1. The molecule has 0 atom stereocenters. The van der Waals surface area contributed by atoms with Crippen LogP contribution in [0.5, 0.6) is 5.75 Å². The maximum Gasteiger partial charge on any atom is 0.257 e. The van der Waals surface area contributed by atoms with E-state index in [4.69, 9.17) is 4.74 Å². The number of hydrogen-bond acceptors (Lipinski definition) is 2. The number of benzene rings is 2. The van der Waals surface area contributed by atoms with Crippen LogP contribution >= 0.6 is 0 Å². The molecule has 0 spiro atoms. The van der Waals surface area contributed by atoms with Crippen molar-refractivity contribution < 1.29 is 9.53 Å². The molecular weight excluding hydrogens is 250 g/mol. The van der Waals surface area contributed by atoms with Crippen LogP contribution in [0.4, 0.5) is 0 Å². The molecule has 104 valence electrons. The zero-order valence-electron chi connectivity index (χ0n) is 12.1. The zero-order valence-corrected chi connectivity index (χ0v) is 12.1. The number of hydrogen-bond donors (Lipinski definition) is 0. The number of ether oxygens (including phenoxy) is 1. The van der Waals surface area contributed by atoms with Crippen molar-refractivity contribution >= 4 is 5.91 Å². The summed E-state index contributed by atoms with van der Waals surface area (Å²) in [6.07, 6.45) is 0. The zero-order chi connectivity index (χ0) is 14.5. The summed E-state index contributed by atoms with van der Waals surface area (Å²) in [5.41, 5.74) is 2.73. The minimum absolute atomic E-state index is 0.0447. The fourth-order valence-electron chi connectivity index (χ4n) is 1.91. The second-order valence-electron chi connectivity index (χ2n) is 4.97. The number of carbonyl (C=O) groups is 1. The summed E-state index contributed by atoms with van der Waals surface area (Å²) >= 11 is 0. The third-order valence-electron chi connectivity index (χ3n) is 3.01. The summed E-state index contributed by atoms with van der Waals surface area (Å²) in [6, 6.07) is 15.6. The molecule has 0 saturated heterocycles. The van der Waals surface area contributed by atoms with E-state index in [9.17, 15) is 4.79 Å². The fourth-order valence-corrected chi connectivity index (χ4v) is 1.91. The van der Waals surface area contributed by atoms with E-state index in [-0.39, 0.29) is 5.91 Å². The maximum atomic E-state index is 12.2. The first-order valence-electron chi connectivity index (χ1n) is 6.57. The molecule has 0 bridgehead atoms. The normalized spacial score (nSPS) is 10.2. The fraction of sp³-hybridized carbons (Fsp3) is 0.235. The molecule has 0 fully saturated rings. The van der Waals surface area contributed by atoms with Gasteiger partial charge < -0.3 is 9.64 Å². The minimum atomic E-state index is -0.0447. The Morgan fingerprint density at radius 3 is 2.45 bits per heavy atom. The van der Waals surface area contributed by atoms with Crippen molar-refractivity contribution in [2.24, 2.45) is 0 Å². The average Bonchev–Trinajstić information content (AvgIpc) is 2.46. The lowest BCUT2D eigenvalue weighted by molar-refractivity contribution is 0.0822. The Bertz CT molecular complexity index is 591. The minimum Gasteiger partial charge on any atom is -0.488 e. The van der Waals surface area contributed by atoms with Crippen molar-refractivity contribution in [1.29, 1.82) is 0 Å². The summed E-state index contributed by atoms with van der Waals surface area (Å²) in [5.74, 6) is 0.579. The lowest BCUT2D eigenvalue weighted by Crippen LogP contribution is -2.22. The molecule has 3 nitrogen and oxygen atoms in total. The van der Waals surface area contributed by atoms with Crippen LogP contribution in [0.2, 0.25) is 0 Å². The summed E-state index contributed by atoms with van der Waals surface area (Å²) in [7, 11) is 3.48. The molecule has 2 rings (SSSR count). The van der Waals surface area contributed by atoms with Gasteiger partial charge in [-0.1, -0.05) is 42.0 Å². The lowest BCUT2D eigenvalue weighted by atomic mass is 10.1. The average molecular weight is 269 g/mol. The van der Waals surface area contributed by atoms with E-state index in [1.807, 2.05) is 55.5 Å². The van der Waals surface area contributed by atoms with Gasteiger partial charge in [-0.15, -0.1) is 0 Å². The number of amides is 1. The molecule has 1 amide bonds. The van der Waals surface area contributed by atoms with Gasteiger partial charge in [0.2, 0.25) is 0 Å². The predicted octanol–water partition coefficient (Wildman–Crippen LogP) is 3.28. The molecule has 0 radical (unpaired) electrons. The Labute approximate surface area is 119 Å². The van der Waals surface area contributed by atoms with E-state index in [0.717, 1.165) is 11.1 Å². The van der Waals surface area contributed by atoms with Gasteiger partial charge in [-0.05, 0) is 24.6 Å². The molecule has 0 heterocycles. The largest absolute Gasteiger partial charge is 0.488 e. The van der Waals surface area contributed by atoms with Gasteiger partial charge in [0.15, 0.2) is 0 Å². The quantitative estimate of drug-likeness (QED) is 0.852. The Balaban J connectivity index is 2.21. The second-order valence-corrected chi connectivity index (χ2v) is 4.97. The van der Waals surface area contributed by atoms with Crippen LogP contribution in [0.1, 0.15) is 21.5 Å². The maximum absolute atomic E-state index is 12.2. The molecule has 2 aromatic rings. The van der Waals surface area contributed by atoms with Gasteiger partial charge in [0.05, 0.1) is 5.56 Å². The van der Waals surface area contributed by atoms with Crippen molar-refractivity contribution in [1.82, 2.24) is 4.90 Å². The molecule has 0 N–H and O–H groups in total. The van der Waals surface area contributed by atoms with Crippen molar-refractivity contribution in [3.05, 3.63) is 65.2 Å². The van der Waals surface area contributed by atoms with E-state index in [0.29, 0.717) is 17.9 Å². The van der Waals surface area contributed by atoms with Crippen LogP contribution in [-0.2, 0) is 6.61 Å². The third kappa shape index (κ3) is 3.38. The van der Waals surface area contributed by atoms with Crippen molar-refractivity contribution in [3.8, 4) is 5.75 Å². The summed E-state index contributed by atoms with van der Waals surface area (Å²) in [6.45, 7) is 2.42. The number of rotatable bonds is 4. The molecule has 3 heteroatoms. The first-order valence-corrected chi connectivity index (χ1v) is 6.57. The SMILES string of the molecule is Cc1ccc(OCc2ccccc2)c(C(=O)N(C)C)c1. The Morgan fingerprint density at radius 2 is 1.80 bits per heavy atom. The number of aryl methyl sites for hydroxylation is 1. The van der Waals surface area contributed by atoms with Gasteiger partial charge >= 0.3 is 0 Å². The Hall–Kier alpha value is -2.29. The molecule has 20 heavy (non-hydrogen) atoms. The van der Waals surface area contributed by atoms with E-state index in [1.165, 1.54) is 0 Å². The summed E-state index contributed by atoms with van der Waals surface area (Å²) in [4.78, 5) is 13.7. The van der Waals surface area contributed by atoms with Crippen molar-refractivity contribution in [2.75, 3.05) is 14.1 Å². The second kappa shape index (κ2) is 6.24. The number of nitrogens with zero attached hydrogens (tertiary/aromatic N) is 1. The van der Waals surface area contributed by atoms with Gasteiger partial charge in [-0.2, -0.15) is 0 Å². The first kappa shape index (κ1) is 14.1. The van der Waals surface area contributed by atoms with Crippen molar-refractivity contribution in [3.63, 3.8) is 0 Å². The highest BCUT2D eigenvalue weighted by atomic mass is 16.5. The predicted molar refractivity (Wildman–Crippen MR) is 80.0 cm³/mol. The van der Waals surface area contributed by atoms with Crippen LogP contribution in [0.3, 0.4) is 0 Å². The van der Waals surface area contributed by atoms with E-state index >= 15 is 0 Å². The highest BCUT2D eigenvalue weighted by Crippen LogP contribution is 2.22. The van der Waals surface area contributed by atoms with E-state index < -0.39 is 0 Å². The highest BCUT2D eigenvalue weighted by molar-refractivity contribution is 5.96. The monoisotopic (exact) mass is 269 g/mol. The lowest BCUT2D eigenvalue weighted by Gasteiger charge is -2.15. The first-order chi connectivity index (χ1) is 9.58. The van der Waals surface area contributed by atoms with Gasteiger partial charge in [0.25, 0.3) is 5.91 Å². The van der Waals surface area contributed by atoms with Crippen LogP contribution in [0.15, 0.2) is 48.5 Å². The standard InChI is InChI=1S/C17H19NO2/c1-13-9-10-16(15(11-13)17(19)18(2)3)20-12-14-7-5-4-6-8-14/h4-11H,12H2,1-3H3. The summed E-state index contributed by atoms with van der Waals surface area (Å²) < 4.78 is 5.80. The Kier molecular flexibility index (Phi) is 4.41. The van der Waals surface area contributed by atoms with Gasteiger partial charge in [0, 0.05) is 14.1 Å². The molecule has 0 aliphatic heterocycles. The van der Waals surface area contributed by atoms with Gasteiger partial charge in [-0.25, -0.2) is 0 Å². The topological polar surface area (TPSA) is 29.5 Å². The molecule has 0 unspecified atom stereocenters. The Morgan fingerprint density at radius 1 is 1.10 bits per heavy atom. The van der Waals surface area contributed by atoms with Crippen LogP contribution in [0, 0.1) is 6.92 Å². The highest BCUT2D eigenvalue weighted by Gasteiger charge is 2.14. The van der Waals surface area contributed by atoms with Gasteiger partial charge in [0.1, 0.15) is 12.4 Å².